The largest absolute Gasteiger partial charge is 0.249 e. The highest BCUT2D eigenvalue weighted by atomic mass is 32.1. The molecular weight excluding hydrogens is 196 g/mol. The summed E-state index contributed by atoms with van der Waals surface area (Å²) in [5.74, 6) is 0.649. The standard InChI is InChI=1S/C10H10N2OS/c13-5-12-10(3-4-10)9-8(7-1-2-7)11-6-14-9/h6-7H,1-4H2. The summed E-state index contributed by atoms with van der Waals surface area (Å²) in [4.78, 5) is 19.9. The minimum Gasteiger partial charge on any atom is -0.249 e. The van der Waals surface area contributed by atoms with Crippen LogP contribution in [0.25, 0.3) is 0 Å². The van der Waals surface area contributed by atoms with Crippen LogP contribution in [0.5, 0.6) is 0 Å². The first-order chi connectivity index (χ1) is 6.86. The molecule has 1 aromatic rings. The van der Waals surface area contributed by atoms with Crippen molar-refractivity contribution in [1.29, 1.82) is 0 Å². The number of rotatable bonds is 3. The molecule has 3 rings (SSSR count). The first-order valence-corrected chi connectivity index (χ1v) is 5.76. The number of aromatic nitrogens is 1. The van der Waals surface area contributed by atoms with Gasteiger partial charge in [-0.05, 0) is 25.7 Å². The summed E-state index contributed by atoms with van der Waals surface area (Å²) < 4.78 is 0. The minimum absolute atomic E-state index is 0.208. The SMILES string of the molecule is O=C=NC1(c2scnc2C2CC2)CC1. The van der Waals surface area contributed by atoms with Crippen molar-refractivity contribution in [3.8, 4) is 0 Å². The first-order valence-electron chi connectivity index (χ1n) is 4.89. The van der Waals surface area contributed by atoms with E-state index in [9.17, 15) is 4.79 Å². The lowest BCUT2D eigenvalue weighted by molar-refractivity contribution is 0.556. The molecule has 0 radical (unpaired) electrons. The van der Waals surface area contributed by atoms with Gasteiger partial charge in [0.2, 0.25) is 6.08 Å². The molecule has 0 amide bonds. The van der Waals surface area contributed by atoms with Crippen molar-refractivity contribution in [1.82, 2.24) is 4.98 Å². The highest BCUT2D eigenvalue weighted by molar-refractivity contribution is 7.10. The van der Waals surface area contributed by atoms with E-state index in [0.29, 0.717) is 5.92 Å². The van der Waals surface area contributed by atoms with Crippen LogP contribution in [0, 0.1) is 0 Å². The van der Waals surface area contributed by atoms with Gasteiger partial charge in [-0.2, -0.15) is 4.99 Å². The molecule has 4 heteroatoms. The number of hydrogen-bond donors (Lipinski definition) is 0. The molecule has 2 aliphatic carbocycles. The van der Waals surface area contributed by atoms with E-state index in [1.165, 1.54) is 23.4 Å². The second kappa shape index (κ2) is 2.75. The molecule has 0 atom stereocenters. The van der Waals surface area contributed by atoms with Gasteiger partial charge in [-0.3, -0.25) is 0 Å². The average Bonchev–Trinajstić information content (AvgIpc) is 3.10. The number of aliphatic imine (C=N–C) groups is 1. The molecule has 0 spiro atoms. The molecule has 2 fully saturated rings. The monoisotopic (exact) mass is 206 g/mol. The van der Waals surface area contributed by atoms with Gasteiger partial charge in [-0.25, -0.2) is 9.78 Å². The van der Waals surface area contributed by atoms with Gasteiger partial charge in [0.1, 0.15) is 5.54 Å². The minimum atomic E-state index is -0.208. The summed E-state index contributed by atoms with van der Waals surface area (Å²) in [6.07, 6.45) is 6.17. The van der Waals surface area contributed by atoms with Gasteiger partial charge in [0.15, 0.2) is 0 Å². The number of nitrogens with zero attached hydrogens (tertiary/aromatic N) is 2. The van der Waals surface area contributed by atoms with Crippen LogP contribution in [-0.2, 0) is 10.3 Å². The van der Waals surface area contributed by atoms with E-state index in [-0.39, 0.29) is 5.54 Å². The molecule has 0 aliphatic heterocycles. The molecule has 2 aliphatic rings. The summed E-state index contributed by atoms with van der Waals surface area (Å²) in [6.45, 7) is 0. The zero-order valence-electron chi connectivity index (χ0n) is 7.69. The van der Waals surface area contributed by atoms with Crippen molar-refractivity contribution in [2.45, 2.75) is 37.1 Å². The molecule has 2 saturated carbocycles. The van der Waals surface area contributed by atoms with E-state index in [0.717, 1.165) is 12.8 Å². The van der Waals surface area contributed by atoms with Crippen LogP contribution < -0.4 is 0 Å². The fourth-order valence-electron chi connectivity index (χ4n) is 1.85. The molecule has 72 valence electrons. The van der Waals surface area contributed by atoms with Crippen molar-refractivity contribution in [2.24, 2.45) is 4.99 Å². The summed E-state index contributed by atoms with van der Waals surface area (Å²) in [7, 11) is 0. The lowest BCUT2D eigenvalue weighted by atomic mass is 10.1. The normalized spacial score (nSPS) is 22.9. The highest BCUT2D eigenvalue weighted by Crippen LogP contribution is 2.55. The molecule has 14 heavy (non-hydrogen) atoms. The van der Waals surface area contributed by atoms with Crippen LogP contribution in [0.4, 0.5) is 0 Å². The van der Waals surface area contributed by atoms with Crippen LogP contribution in [0.15, 0.2) is 10.5 Å². The van der Waals surface area contributed by atoms with Crippen molar-refractivity contribution in [3.05, 3.63) is 16.1 Å². The van der Waals surface area contributed by atoms with Crippen molar-refractivity contribution >= 4 is 17.4 Å². The average molecular weight is 206 g/mol. The second-order valence-electron chi connectivity index (χ2n) is 4.08. The quantitative estimate of drug-likeness (QED) is 0.562. The lowest BCUT2D eigenvalue weighted by Gasteiger charge is -2.06. The lowest BCUT2D eigenvalue weighted by Crippen LogP contribution is -2.02. The fraction of sp³-hybridized carbons (Fsp3) is 0.600. The van der Waals surface area contributed by atoms with Crippen LogP contribution in [0.2, 0.25) is 0 Å². The van der Waals surface area contributed by atoms with E-state index in [2.05, 4.69) is 9.98 Å². The Morgan fingerprint density at radius 1 is 1.57 bits per heavy atom. The number of carbonyl (C=O) groups excluding carboxylic acids is 1. The Hall–Kier alpha value is -0.990. The van der Waals surface area contributed by atoms with E-state index in [1.807, 2.05) is 5.51 Å². The van der Waals surface area contributed by atoms with E-state index in [1.54, 1.807) is 17.4 Å². The number of thiazole rings is 1. The van der Waals surface area contributed by atoms with Gasteiger partial charge in [0.25, 0.3) is 0 Å². The molecule has 0 bridgehead atoms. The molecule has 0 aromatic carbocycles. The smallest absolute Gasteiger partial charge is 0.235 e. The van der Waals surface area contributed by atoms with Gasteiger partial charge < -0.3 is 0 Å². The summed E-state index contributed by atoms with van der Waals surface area (Å²) in [5, 5.41) is 0. The van der Waals surface area contributed by atoms with Gasteiger partial charge in [0, 0.05) is 5.92 Å². The second-order valence-corrected chi connectivity index (χ2v) is 4.93. The van der Waals surface area contributed by atoms with Crippen molar-refractivity contribution < 1.29 is 4.79 Å². The Morgan fingerprint density at radius 2 is 2.36 bits per heavy atom. The fourth-order valence-corrected chi connectivity index (χ4v) is 2.93. The van der Waals surface area contributed by atoms with Gasteiger partial charge in [0.05, 0.1) is 16.1 Å². The Balaban J connectivity index is 2.02. The molecule has 0 N–H and O–H groups in total. The molecule has 0 unspecified atom stereocenters. The highest BCUT2D eigenvalue weighted by Gasteiger charge is 2.49. The third kappa shape index (κ3) is 1.15. The predicted octanol–water partition coefficient (Wildman–Crippen LogP) is 2.35. The van der Waals surface area contributed by atoms with E-state index >= 15 is 0 Å². The van der Waals surface area contributed by atoms with Crippen LogP contribution in [0.1, 0.15) is 42.2 Å². The third-order valence-corrected chi connectivity index (χ3v) is 4.00. The topological polar surface area (TPSA) is 42.3 Å². The molecule has 1 aromatic heterocycles. The van der Waals surface area contributed by atoms with Crippen LogP contribution >= 0.6 is 11.3 Å². The molecule has 0 saturated heterocycles. The first kappa shape index (κ1) is 8.33. The van der Waals surface area contributed by atoms with Gasteiger partial charge in [-0.15, -0.1) is 11.3 Å². The number of hydrogen-bond acceptors (Lipinski definition) is 4. The Kier molecular flexibility index (Phi) is 1.64. The van der Waals surface area contributed by atoms with E-state index < -0.39 is 0 Å². The Bertz CT molecular complexity index is 412. The maximum atomic E-state index is 10.3. The maximum absolute atomic E-state index is 10.3. The van der Waals surface area contributed by atoms with E-state index in [4.69, 9.17) is 0 Å². The third-order valence-electron chi connectivity index (χ3n) is 2.96. The predicted molar refractivity (Wildman–Crippen MR) is 53.1 cm³/mol. The summed E-state index contributed by atoms with van der Waals surface area (Å²) in [5.41, 5.74) is 2.87. The molecular formula is C10H10N2OS. The Labute approximate surface area is 85.9 Å². The van der Waals surface area contributed by atoms with Crippen LogP contribution in [0.3, 0.4) is 0 Å². The summed E-state index contributed by atoms with van der Waals surface area (Å²) >= 11 is 1.64. The molecule has 3 nitrogen and oxygen atoms in total. The zero-order valence-corrected chi connectivity index (χ0v) is 8.51. The molecule has 1 heterocycles. The van der Waals surface area contributed by atoms with Crippen molar-refractivity contribution in [2.75, 3.05) is 0 Å². The van der Waals surface area contributed by atoms with Gasteiger partial charge >= 0.3 is 0 Å². The summed E-state index contributed by atoms with van der Waals surface area (Å²) in [6, 6.07) is 0. The van der Waals surface area contributed by atoms with Crippen LogP contribution in [-0.4, -0.2) is 11.1 Å². The number of isocyanates is 1. The Morgan fingerprint density at radius 3 is 2.93 bits per heavy atom. The zero-order chi connectivity index (χ0) is 9.60. The maximum Gasteiger partial charge on any atom is 0.235 e. The van der Waals surface area contributed by atoms with Gasteiger partial charge in [-0.1, -0.05) is 0 Å². The van der Waals surface area contributed by atoms with Crippen molar-refractivity contribution in [3.63, 3.8) is 0 Å².